The Morgan fingerprint density at radius 1 is 1.28 bits per heavy atom. The number of ether oxygens (including phenoxy) is 1. The van der Waals surface area contributed by atoms with Crippen molar-refractivity contribution in [3.8, 4) is 5.75 Å². The van der Waals surface area contributed by atoms with Crippen LogP contribution in [0.5, 0.6) is 5.75 Å². The number of imide groups is 1. The number of phenolic OH excluding ortho intramolecular Hbond substituents is 1. The number of esters is 1. The zero-order valence-electron chi connectivity index (χ0n) is 13.9. The first-order valence-corrected chi connectivity index (χ1v) is 8.03. The zero-order valence-corrected chi connectivity index (χ0v) is 13.9. The maximum Gasteiger partial charge on any atom is 0.329 e. The fourth-order valence-corrected chi connectivity index (χ4v) is 3.77. The molecule has 0 unspecified atom stereocenters. The van der Waals surface area contributed by atoms with E-state index in [1.165, 1.54) is 19.2 Å². The Bertz CT molecular complexity index is 718. The van der Waals surface area contributed by atoms with E-state index < -0.39 is 47.8 Å². The molecule has 1 aromatic carbocycles. The Labute approximate surface area is 144 Å². The molecule has 3 N–H and O–H groups in total. The van der Waals surface area contributed by atoms with Crippen LogP contribution in [0.2, 0.25) is 0 Å². The van der Waals surface area contributed by atoms with E-state index in [1.807, 2.05) is 0 Å². The summed E-state index contributed by atoms with van der Waals surface area (Å²) < 4.78 is 5.07. The Morgan fingerprint density at radius 2 is 1.92 bits per heavy atom. The molecule has 2 heterocycles. The average Bonchev–Trinajstić information content (AvgIpc) is 3.06. The summed E-state index contributed by atoms with van der Waals surface area (Å²) in [6.45, 7) is 1.04. The number of carbonyl (C=O) groups excluding carboxylic acids is 3. The van der Waals surface area contributed by atoms with Crippen molar-refractivity contribution in [2.45, 2.75) is 18.5 Å². The van der Waals surface area contributed by atoms with Crippen molar-refractivity contribution in [1.29, 1.82) is 0 Å². The fraction of sp³-hybridized carbons (Fsp3) is 0.471. The van der Waals surface area contributed by atoms with Crippen LogP contribution < -0.4 is 5.32 Å². The highest BCUT2D eigenvalue weighted by Gasteiger charge is 2.68. The number of hydrogen-bond acceptors (Lipinski definition) is 7. The number of amides is 2. The van der Waals surface area contributed by atoms with E-state index in [4.69, 9.17) is 4.74 Å². The normalized spacial score (nSPS) is 31.3. The summed E-state index contributed by atoms with van der Waals surface area (Å²) in [5.41, 5.74) is -1.05. The van der Waals surface area contributed by atoms with Crippen LogP contribution in [-0.2, 0) is 19.1 Å². The maximum absolute atomic E-state index is 12.6. The maximum atomic E-state index is 12.6. The van der Waals surface area contributed by atoms with Gasteiger partial charge in [-0.1, -0.05) is 12.1 Å². The third kappa shape index (κ3) is 2.40. The van der Waals surface area contributed by atoms with Gasteiger partial charge in [0.1, 0.15) is 5.75 Å². The Morgan fingerprint density at radius 3 is 2.48 bits per heavy atom. The molecule has 8 nitrogen and oxygen atoms in total. The minimum Gasteiger partial charge on any atom is -0.508 e. The van der Waals surface area contributed by atoms with Gasteiger partial charge in [0, 0.05) is 13.1 Å². The summed E-state index contributed by atoms with van der Waals surface area (Å²) in [5, 5.41) is 22.4. The minimum atomic E-state index is -1.68. The van der Waals surface area contributed by atoms with Gasteiger partial charge in [0.05, 0.1) is 25.0 Å². The zero-order chi connectivity index (χ0) is 18.4. The molecule has 1 aromatic rings. The number of carbonyl (C=O) groups is 3. The molecule has 0 aliphatic carbocycles. The first-order chi connectivity index (χ1) is 11.9. The summed E-state index contributed by atoms with van der Waals surface area (Å²) in [6.07, 6.45) is 0. The van der Waals surface area contributed by atoms with Crippen LogP contribution in [-0.4, -0.2) is 58.7 Å². The van der Waals surface area contributed by atoms with Crippen molar-refractivity contribution in [1.82, 2.24) is 10.2 Å². The van der Waals surface area contributed by atoms with Crippen molar-refractivity contribution in [3.05, 3.63) is 29.8 Å². The van der Waals surface area contributed by atoms with Crippen LogP contribution in [0, 0.1) is 11.8 Å². The highest BCUT2D eigenvalue weighted by Crippen LogP contribution is 2.48. The minimum absolute atomic E-state index is 0.0584. The number of rotatable bonds is 4. The molecule has 0 aromatic heterocycles. The molecule has 4 atom stereocenters. The first kappa shape index (κ1) is 17.4. The van der Waals surface area contributed by atoms with Gasteiger partial charge in [-0.25, -0.2) is 4.79 Å². The number of phenols is 1. The topological polar surface area (TPSA) is 116 Å². The van der Waals surface area contributed by atoms with Crippen molar-refractivity contribution in [2.75, 3.05) is 20.3 Å². The molecule has 0 spiro atoms. The van der Waals surface area contributed by atoms with Gasteiger partial charge in [-0.05, 0) is 24.6 Å². The quantitative estimate of drug-likeness (QED) is 0.499. The second-order valence-electron chi connectivity index (χ2n) is 6.30. The van der Waals surface area contributed by atoms with Crippen molar-refractivity contribution < 1.29 is 29.3 Å². The monoisotopic (exact) mass is 348 g/mol. The van der Waals surface area contributed by atoms with Gasteiger partial charge in [-0.2, -0.15) is 0 Å². The second kappa shape index (κ2) is 6.12. The van der Waals surface area contributed by atoms with Gasteiger partial charge in [-0.3, -0.25) is 19.8 Å². The third-order valence-electron chi connectivity index (χ3n) is 5.02. The van der Waals surface area contributed by atoms with Crippen LogP contribution in [0.3, 0.4) is 0 Å². The number of aromatic hydroxyl groups is 1. The van der Waals surface area contributed by atoms with Gasteiger partial charge in [0.25, 0.3) is 0 Å². The van der Waals surface area contributed by atoms with Crippen LogP contribution in [0.4, 0.5) is 0 Å². The number of benzene rings is 1. The van der Waals surface area contributed by atoms with E-state index in [9.17, 15) is 24.6 Å². The molecule has 2 amide bonds. The summed E-state index contributed by atoms with van der Waals surface area (Å²) >= 11 is 0. The second-order valence-corrected chi connectivity index (χ2v) is 6.30. The number of hydrogen-bond donors (Lipinski definition) is 3. The molecule has 2 saturated heterocycles. The SMILES string of the molecule is CCOC(=O)[C@@]1(CO)N[C@@H](c2ccc(O)cc2)[C@H]2C(=O)N(C)C(=O)[C@H]21. The van der Waals surface area contributed by atoms with Crippen LogP contribution in [0.25, 0.3) is 0 Å². The highest BCUT2D eigenvalue weighted by atomic mass is 16.5. The summed E-state index contributed by atoms with van der Waals surface area (Å²) in [7, 11) is 1.37. The van der Waals surface area contributed by atoms with E-state index in [-0.39, 0.29) is 12.4 Å². The van der Waals surface area contributed by atoms with E-state index >= 15 is 0 Å². The summed E-state index contributed by atoms with van der Waals surface area (Å²) in [5.74, 6) is -3.52. The van der Waals surface area contributed by atoms with Crippen molar-refractivity contribution in [3.63, 3.8) is 0 Å². The largest absolute Gasteiger partial charge is 0.508 e. The molecular formula is C17H20N2O6. The number of nitrogens with one attached hydrogen (secondary N) is 1. The van der Waals surface area contributed by atoms with Gasteiger partial charge < -0.3 is 14.9 Å². The molecule has 8 heteroatoms. The van der Waals surface area contributed by atoms with E-state index in [0.717, 1.165) is 4.90 Å². The van der Waals surface area contributed by atoms with Gasteiger partial charge in [0.2, 0.25) is 11.8 Å². The Kier molecular flexibility index (Phi) is 4.26. The Hall–Kier alpha value is -2.45. The number of aliphatic hydroxyl groups is 1. The molecule has 3 rings (SSSR count). The van der Waals surface area contributed by atoms with Gasteiger partial charge in [-0.15, -0.1) is 0 Å². The number of aliphatic hydroxyl groups excluding tert-OH is 1. The van der Waals surface area contributed by atoms with Crippen molar-refractivity contribution in [2.24, 2.45) is 11.8 Å². The van der Waals surface area contributed by atoms with Gasteiger partial charge >= 0.3 is 5.97 Å². The first-order valence-electron chi connectivity index (χ1n) is 8.03. The predicted octanol–water partition coefficient (Wildman–Crippen LogP) is -0.438. The Balaban J connectivity index is 2.10. The lowest BCUT2D eigenvalue weighted by molar-refractivity contribution is -0.158. The van der Waals surface area contributed by atoms with E-state index in [1.54, 1.807) is 19.1 Å². The standard InChI is InChI=1S/C17H20N2O6/c1-3-25-16(24)17(8-20)12-11(14(22)19(2)15(12)23)13(18-17)9-4-6-10(21)7-5-9/h4-7,11-13,18,20-21H,3,8H2,1-2H3/t11-,12-,13-,17-/m0/s1. The molecule has 2 aliphatic rings. The van der Waals surface area contributed by atoms with Crippen LogP contribution in [0.15, 0.2) is 24.3 Å². The lowest BCUT2D eigenvalue weighted by Gasteiger charge is -2.30. The smallest absolute Gasteiger partial charge is 0.329 e. The molecule has 2 aliphatic heterocycles. The molecular weight excluding hydrogens is 328 g/mol. The molecule has 2 fully saturated rings. The summed E-state index contributed by atoms with van der Waals surface area (Å²) in [6, 6.07) is 5.47. The van der Waals surface area contributed by atoms with E-state index in [0.29, 0.717) is 5.56 Å². The van der Waals surface area contributed by atoms with Crippen LogP contribution in [0.1, 0.15) is 18.5 Å². The number of fused-ring (bicyclic) bond motifs is 1. The highest BCUT2D eigenvalue weighted by molar-refractivity contribution is 6.09. The van der Waals surface area contributed by atoms with E-state index in [2.05, 4.69) is 5.32 Å². The summed E-state index contributed by atoms with van der Waals surface area (Å²) in [4.78, 5) is 38.8. The molecule has 25 heavy (non-hydrogen) atoms. The lowest BCUT2D eigenvalue weighted by Crippen LogP contribution is -2.58. The molecule has 0 bridgehead atoms. The average molecular weight is 348 g/mol. The van der Waals surface area contributed by atoms with Crippen molar-refractivity contribution >= 4 is 17.8 Å². The third-order valence-corrected chi connectivity index (χ3v) is 5.02. The molecule has 0 saturated carbocycles. The number of nitrogens with zero attached hydrogens (tertiary/aromatic N) is 1. The van der Waals surface area contributed by atoms with Crippen LogP contribution >= 0.6 is 0 Å². The molecule has 0 radical (unpaired) electrons. The van der Waals surface area contributed by atoms with Gasteiger partial charge in [0.15, 0.2) is 5.54 Å². The lowest BCUT2D eigenvalue weighted by atomic mass is 9.79. The molecule has 134 valence electrons. The fourth-order valence-electron chi connectivity index (χ4n) is 3.77. The number of likely N-dealkylation sites (tertiary alicyclic amines) is 1. The predicted molar refractivity (Wildman–Crippen MR) is 85.2 cm³/mol.